The van der Waals surface area contributed by atoms with Crippen LogP contribution in [-0.4, -0.2) is 29.8 Å². The molecule has 2 fully saturated rings. The Labute approximate surface area is 86.7 Å². The Morgan fingerprint density at radius 2 is 2.21 bits per heavy atom. The van der Waals surface area contributed by atoms with Crippen molar-refractivity contribution >= 4 is 5.78 Å². The van der Waals surface area contributed by atoms with Gasteiger partial charge in [0.1, 0.15) is 5.78 Å². The van der Waals surface area contributed by atoms with Gasteiger partial charge in [-0.1, -0.05) is 6.92 Å². The number of nitrogens with zero attached hydrogens (tertiary/aromatic N) is 1. The molecule has 0 spiro atoms. The van der Waals surface area contributed by atoms with Crippen molar-refractivity contribution in [1.29, 1.82) is 0 Å². The van der Waals surface area contributed by atoms with Gasteiger partial charge in [-0.3, -0.25) is 9.69 Å². The summed E-state index contributed by atoms with van der Waals surface area (Å²) in [5, 5.41) is 0. The lowest BCUT2D eigenvalue weighted by molar-refractivity contribution is -0.121. The van der Waals surface area contributed by atoms with E-state index in [-0.39, 0.29) is 0 Å². The molecule has 0 aromatic heterocycles. The van der Waals surface area contributed by atoms with Crippen LogP contribution in [0.4, 0.5) is 0 Å². The third kappa shape index (κ3) is 2.00. The molecule has 80 valence electrons. The summed E-state index contributed by atoms with van der Waals surface area (Å²) in [4.78, 5) is 14.1. The van der Waals surface area contributed by atoms with Crippen LogP contribution in [0.25, 0.3) is 0 Å². The van der Waals surface area contributed by atoms with Crippen molar-refractivity contribution in [2.24, 2.45) is 5.92 Å². The van der Waals surface area contributed by atoms with E-state index in [1.807, 2.05) is 0 Å². The topological polar surface area (TPSA) is 20.3 Å². The predicted molar refractivity (Wildman–Crippen MR) is 57.2 cm³/mol. The molecule has 0 N–H and O–H groups in total. The van der Waals surface area contributed by atoms with Crippen molar-refractivity contribution in [1.82, 2.24) is 4.90 Å². The number of likely N-dealkylation sites (tertiary alicyclic amines) is 1. The second kappa shape index (κ2) is 4.43. The molecule has 2 aliphatic rings. The van der Waals surface area contributed by atoms with Crippen molar-refractivity contribution < 1.29 is 4.79 Å². The van der Waals surface area contributed by atoms with Crippen LogP contribution in [0, 0.1) is 5.92 Å². The summed E-state index contributed by atoms with van der Waals surface area (Å²) in [5.74, 6) is 0.897. The lowest BCUT2D eigenvalue weighted by atomic mass is 10.1. The molecule has 2 atom stereocenters. The average Bonchev–Trinajstić information content (AvgIpc) is 2.77. The molecular formula is C12H21NO. The molecule has 0 amide bonds. The molecule has 2 rings (SSSR count). The lowest BCUT2D eigenvalue weighted by Crippen LogP contribution is -2.34. The van der Waals surface area contributed by atoms with E-state index in [2.05, 4.69) is 11.8 Å². The van der Waals surface area contributed by atoms with Gasteiger partial charge < -0.3 is 0 Å². The molecule has 0 aromatic carbocycles. The minimum absolute atomic E-state index is 0.377. The number of hydrogen-bond donors (Lipinski definition) is 0. The summed E-state index contributed by atoms with van der Waals surface area (Å²) in [6.07, 6.45) is 7.05. The minimum Gasteiger partial charge on any atom is -0.300 e. The first kappa shape index (κ1) is 10.2. The van der Waals surface area contributed by atoms with E-state index in [1.165, 1.54) is 25.8 Å². The Bertz CT molecular complexity index is 214. The van der Waals surface area contributed by atoms with Crippen molar-refractivity contribution in [2.75, 3.05) is 13.1 Å². The Hall–Kier alpha value is -0.370. The summed E-state index contributed by atoms with van der Waals surface area (Å²) in [7, 11) is 0. The van der Waals surface area contributed by atoms with Gasteiger partial charge in [-0.25, -0.2) is 0 Å². The highest BCUT2D eigenvalue weighted by Crippen LogP contribution is 2.26. The number of rotatable bonds is 3. The van der Waals surface area contributed by atoms with Gasteiger partial charge in [0, 0.05) is 24.9 Å². The van der Waals surface area contributed by atoms with Gasteiger partial charge >= 0.3 is 0 Å². The number of carbonyl (C=O) groups excluding carboxylic acids is 1. The van der Waals surface area contributed by atoms with Gasteiger partial charge in [0.05, 0.1) is 0 Å². The maximum atomic E-state index is 11.5. The van der Waals surface area contributed by atoms with E-state index < -0.39 is 0 Å². The highest BCUT2D eigenvalue weighted by molar-refractivity contribution is 5.83. The predicted octanol–water partition coefficient (Wildman–Crippen LogP) is 2.23. The number of hydrogen-bond acceptors (Lipinski definition) is 2. The standard InChI is InChI=1S/C12H21NO/c1-2-11-6-4-8-13(11)9-10-5-3-7-12(10)14/h10-11H,2-9H2,1H3. The van der Waals surface area contributed by atoms with Crippen LogP contribution in [0.2, 0.25) is 0 Å². The molecule has 2 nitrogen and oxygen atoms in total. The average molecular weight is 195 g/mol. The third-order valence-corrected chi connectivity index (χ3v) is 3.86. The maximum Gasteiger partial charge on any atom is 0.137 e. The molecule has 1 aliphatic heterocycles. The summed E-state index contributed by atoms with van der Waals surface area (Å²) in [5.41, 5.74) is 0. The number of carbonyl (C=O) groups is 1. The highest BCUT2D eigenvalue weighted by Gasteiger charge is 2.30. The molecule has 1 aliphatic carbocycles. The molecule has 0 aromatic rings. The second-order valence-corrected chi connectivity index (χ2v) is 4.75. The molecular weight excluding hydrogens is 174 g/mol. The molecule has 2 heteroatoms. The Kier molecular flexibility index (Phi) is 3.22. The van der Waals surface area contributed by atoms with Crippen LogP contribution in [0.1, 0.15) is 45.4 Å². The molecule has 14 heavy (non-hydrogen) atoms. The summed E-state index contributed by atoms with van der Waals surface area (Å²) in [6.45, 7) is 4.54. The molecule has 0 bridgehead atoms. The van der Waals surface area contributed by atoms with Crippen molar-refractivity contribution in [3.05, 3.63) is 0 Å². The van der Waals surface area contributed by atoms with Crippen LogP contribution in [0.5, 0.6) is 0 Å². The monoisotopic (exact) mass is 195 g/mol. The van der Waals surface area contributed by atoms with E-state index in [4.69, 9.17) is 0 Å². The highest BCUT2D eigenvalue weighted by atomic mass is 16.1. The van der Waals surface area contributed by atoms with Crippen LogP contribution in [-0.2, 0) is 4.79 Å². The van der Waals surface area contributed by atoms with Crippen LogP contribution in [0.3, 0.4) is 0 Å². The zero-order valence-corrected chi connectivity index (χ0v) is 9.17. The third-order valence-electron chi connectivity index (χ3n) is 3.86. The van der Waals surface area contributed by atoms with Crippen molar-refractivity contribution in [3.8, 4) is 0 Å². The fourth-order valence-electron chi connectivity index (χ4n) is 2.96. The Morgan fingerprint density at radius 3 is 2.86 bits per heavy atom. The van der Waals surface area contributed by atoms with E-state index in [1.54, 1.807) is 0 Å². The van der Waals surface area contributed by atoms with Gasteiger partial charge in [-0.15, -0.1) is 0 Å². The summed E-state index contributed by atoms with van der Waals surface area (Å²) < 4.78 is 0. The van der Waals surface area contributed by atoms with Crippen molar-refractivity contribution in [2.45, 2.75) is 51.5 Å². The molecule has 0 radical (unpaired) electrons. The molecule has 2 unspecified atom stereocenters. The van der Waals surface area contributed by atoms with Gasteiger partial charge in [-0.2, -0.15) is 0 Å². The molecule has 1 saturated carbocycles. The molecule has 1 saturated heterocycles. The van der Waals surface area contributed by atoms with Gasteiger partial charge in [0.15, 0.2) is 0 Å². The maximum absolute atomic E-state index is 11.5. The van der Waals surface area contributed by atoms with Gasteiger partial charge in [0.2, 0.25) is 0 Å². The van der Waals surface area contributed by atoms with Crippen LogP contribution in [0.15, 0.2) is 0 Å². The van der Waals surface area contributed by atoms with Gasteiger partial charge in [-0.05, 0) is 38.6 Å². The zero-order valence-electron chi connectivity index (χ0n) is 9.17. The fraction of sp³-hybridized carbons (Fsp3) is 0.917. The first-order valence-corrected chi connectivity index (χ1v) is 6.08. The SMILES string of the molecule is CCC1CCCN1CC1CCCC1=O. The normalized spacial score (nSPS) is 34.2. The second-order valence-electron chi connectivity index (χ2n) is 4.75. The largest absolute Gasteiger partial charge is 0.300 e. The van der Waals surface area contributed by atoms with Crippen LogP contribution >= 0.6 is 0 Å². The number of Topliss-reactive ketones (excluding diaryl/α,β-unsaturated/α-hetero) is 1. The minimum atomic E-state index is 0.377. The zero-order chi connectivity index (χ0) is 9.97. The van der Waals surface area contributed by atoms with Crippen LogP contribution < -0.4 is 0 Å². The first-order valence-electron chi connectivity index (χ1n) is 6.08. The smallest absolute Gasteiger partial charge is 0.137 e. The van der Waals surface area contributed by atoms with E-state index >= 15 is 0 Å². The lowest BCUT2D eigenvalue weighted by Gasteiger charge is -2.25. The molecule has 1 heterocycles. The van der Waals surface area contributed by atoms with E-state index in [0.717, 1.165) is 31.8 Å². The van der Waals surface area contributed by atoms with Gasteiger partial charge in [0.25, 0.3) is 0 Å². The van der Waals surface area contributed by atoms with E-state index in [0.29, 0.717) is 11.7 Å². The summed E-state index contributed by atoms with van der Waals surface area (Å²) in [6, 6.07) is 0.767. The Balaban J connectivity index is 1.86. The summed E-state index contributed by atoms with van der Waals surface area (Å²) >= 11 is 0. The van der Waals surface area contributed by atoms with E-state index in [9.17, 15) is 4.79 Å². The number of ketones is 1. The quantitative estimate of drug-likeness (QED) is 0.688. The first-order chi connectivity index (χ1) is 6.81. The fourth-order valence-corrected chi connectivity index (χ4v) is 2.96. The van der Waals surface area contributed by atoms with Crippen molar-refractivity contribution in [3.63, 3.8) is 0 Å². The Morgan fingerprint density at radius 1 is 1.36 bits per heavy atom.